The standard InChI is InChI=1S/C22H34O3.W/c1-13-11-15-20(25-5)17(24-4)8-10-22(15,3)19-16(23)12-21(2)9-6-7-14(21)18(13)19;/h11,13-14,16-20,23H,6-8,10,12H2,1-5H3;. The Balaban J connectivity index is 1.80. The van der Waals surface area contributed by atoms with Crippen LogP contribution in [0, 0.1) is 34.5 Å². The monoisotopic (exact) mass is 530 g/mol. The Morgan fingerprint density at radius 3 is 2.54 bits per heavy atom. The molecule has 9 unspecified atom stereocenters. The molecule has 0 bridgehead atoms. The Kier molecular flexibility index (Phi) is 4.96. The number of hydrogen-bond acceptors (Lipinski definition) is 3. The van der Waals surface area contributed by atoms with Gasteiger partial charge in [-0.15, -0.1) is 0 Å². The van der Waals surface area contributed by atoms with Gasteiger partial charge < -0.3 is 0 Å². The van der Waals surface area contributed by atoms with Crippen molar-refractivity contribution >= 4 is 3.90 Å². The normalized spacial score (nSPS) is 53.5. The van der Waals surface area contributed by atoms with Crippen molar-refractivity contribution in [1.82, 2.24) is 0 Å². The first-order valence-electron chi connectivity index (χ1n) is 10.3. The molecular weight excluding hydrogens is 496 g/mol. The first-order chi connectivity index (χ1) is 12.3. The molecule has 0 aromatic rings. The molecule has 4 aliphatic carbocycles. The van der Waals surface area contributed by atoms with Gasteiger partial charge in [-0.25, -0.2) is 0 Å². The first kappa shape index (κ1) is 19.5. The summed E-state index contributed by atoms with van der Waals surface area (Å²) in [5.74, 6) is 2.17. The van der Waals surface area contributed by atoms with Crippen LogP contribution < -0.4 is 0 Å². The van der Waals surface area contributed by atoms with Crippen molar-refractivity contribution in [3.05, 3.63) is 11.6 Å². The van der Waals surface area contributed by atoms with E-state index in [-0.39, 0.29) is 29.1 Å². The number of aliphatic hydroxyl groups excluding tert-OH is 1. The van der Waals surface area contributed by atoms with Gasteiger partial charge in [0.15, 0.2) is 0 Å². The molecule has 4 rings (SSSR count). The van der Waals surface area contributed by atoms with Crippen molar-refractivity contribution in [2.24, 2.45) is 34.5 Å². The zero-order valence-electron chi connectivity index (χ0n) is 16.8. The Morgan fingerprint density at radius 1 is 1.15 bits per heavy atom. The van der Waals surface area contributed by atoms with E-state index in [2.05, 4.69) is 26.8 Å². The van der Waals surface area contributed by atoms with Crippen molar-refractivity contribution in [2.45, 2.75) is 71.2 Å². The zero-order valence-corrected chi connectivity index (χ0v) is 19.8. The van der Waals surface area contributed by atoms with Crippen molar-refractivity contribution in [3.63, 3.8) is 0 Å². The van der Waals surface area contributed by atoms with Crippen LogP contribution in [-0.4, -0.2) is 41.5 Å². The van der Waals surface area contributed by atoms with Crippen LogP contribution in [-0.2, 0) is 28.8 Å². The minimum absolute atomic E-state index is 0.0315. The first-order valence-corrected chi connectivity index (χ1v) is 11.7. The van der Waals surface area contributed by atoms with Crippen LogP contribution in [0.15, 0.2) is 11.6 Å². The molecule has 0 aromatic heterocycles. The van der Waals surface area contributed by atoms with E-state index in [1.807, 2.05) is 7.11 Å². The van der Waals surface area contributed by atoms with E-state index >= 15 is 0 Å². The predicted molar refractivity (Wildman–Crippen MR) is 99.6 cm³/mol. The summed E-state index contributed by atoms with van der Waals surface area (Å²) in [6, 6.07) is 0. The van der Waals surface area contributed by atoms with E-state index in [1.165, 1.54) is 18.4 Å². The molecule has 3 saturated carbocycles. The van der Waals surface area contributed by atoms with E-state index in [1.54, 1.807) is 30.4 Å². The summed E-state index contributed by atoms with van der Waals surface area (Å²) >= 11 is 1.64. The number of aliphatic hydroxyl groups is 1. The predicted octanol–water partition coefficient (Wildman–Crippen LogP) is 3.53. The molecule has 0 amide bonds. The van der Waals surface area contributed by atoms with Gasteiger partial charge in [0, 0.05) is 0 Å². The molecule has 0 heterocycles. The van der Waals surface area contributed by atoms with Crippen molar-refractivity contribution in [3.8, 4) is 0 Å². The Morgan fingerprint density at radius 2 is 1.88 bits per heavy atom. The van der Waals surface area contributed by atoms with Crippen LogP contribution in [0.3, 0.4) is 0 Å². The molecule has 3 nitrogen and oxygen atoms in total. The van der Waals surface area contributed by atoms with Crippen LogP contribution >= 0.6 is 0 Å². The molecule has 26 heavy (non-hydrogen) atoms. The Hall–Kier alpha value is 0.178. The fourth-order valence-corrected chi connectivity index (χ4v) is 8.68. The molecule has 0 aliphatic heterocycles. The van der Waals surface area contributed by atoms with Gasteiger partial charge in [0.2, 0.25) is 0 Å². The van der Waals surface area contributed by atoms with Crippen molar-refractivity contribution in [1.29, 1.82) is 0 Å². The summed E-state index contributed by atoms with van der Waals surface area (Å²) in [4.78, 5) is 0. The number of fused-ring (bicyclic) bond motifs is 5. The molecule has 4 heteroatoms. The average molecular weight is 530 g/mol. The van der Waals surface area contributed by atoms with Gasteiger partial charge in [-0.05, 0) is 0 Å². The minimum atomic E-state index is -0.207. The van der Waals surface area contributed by atoms with Crippen LogP contribution in [0.2, 0.25) is 0 Å². The number of methoxy groups -OCH3 is 2. The second-order valence-electron chi connectivity index (χ2n) is 9.73. The topological polar surface area (TPSA) is 38.7 Å². The fraction of sp³-hybridized carbons (Fsp3) is 0.864. The van der Waals surface area contributed by atoms with E-state index in [0.29, 0.717) is 17.8 Å². The molecular formula is C22H34O3W. The summed E-state index contributed by atoms with van der Waals surface area (Å²) in [6.45, 7) is 7.23. The van der Waals surface area contributed by atoms with E-state index < -0.39 is 0 Å². The van der Waals surface area contributed by atoms with Crippen LogP contribution in [0.5, 0.6) is 0 Å². The van der Waals surface area contributed by atoms with Crippen molar-refractivity contribution < 1.29 is 33.9 Å². The Labute approximate surface area is 169 Å². The third kappa shape index (κ3) is 2.49. The number of ether oxygens (including phenoxy) is 2. The molecule has 3 fully saturated rings. The molecule has 1 N–H and O–H groups in total. The van der Waals surface area contributed by atoms with E-state index in [0.717, 1.165) is 25.2 Å². The maximum absolute atomic E-state index is 11.4. The third-order valence-electron chi connectivity index (χ3n) is 8.66. The average Bonchev–Trinajstić information content (AvgIpc) is 2.89. The van der Waals surface area contributed by atoms with Gasteiger partial charge in [-0.2, -0.15) is 0 Å². The summed E-state index contributed by atoms with van der Waals surface area (Å²) < 4.78 is 13.4. The maximum atomic E-state index is 11.4. The van der Waals surface area contributed by atoms with Gasteiger partial charge in [-0.3, -0.25) is 0 Å². The second-order valence-corrected chi connectivity index (χ2v) is 11.5. The third-order valence-corrected chi connectivity index (χ3v) is 11.1. The van der Waals surface area contributed by atoms with Crippen LogP contribution in [0.4, 0.5) is 0 Å². The van der Waals surface area contributed by atoms with E-state index in [9.17, 15) is 5.11 Å². The summed E-state index contributed by atoms with van der Waals surface area (Å²) in [7, 11) is 3.61. The molecule has 146 valence electrons. The van der Waals surface area contributed by atoms with Crippen molar-refractivity contribution in [2.75, 3.05) is 14.2 Å². The second kappa shape index (κ2) is 6.61. The molecule has 9 atom stereocenters. The van der Waals surface area contributed by atoms with Crippen LogP contribution in [0.1, 0.15) is 52.9 Å². The van der Waals surface area contributed by atoms with Crippen LogP contribution in [0.25, 0.3) is 0 Å². The molecule has 0 aromatic carbocycles. The van der Waals surface area contributed by atoms with Gasteiger partial charge >= 0.3 is 169 Å². The fourth-order valence-electron chi connectivity index (χ4n) is 7.41. The molecule has 0 radical (unpaired) electrons. The molecule has 0 saturated heterocycles. The van der Waals surface area contributed by atoms with Gasteiger partial charge in [0.25, 0.3) is 0 Å². The van der Waals surface area contributed by atoms with Gasteiger partial charge in [-0.1, -0.05) is 0 Å². The number of allylic oxidation sites excluding steroid dienone is 1. The quantitative estimate of drug-likeness (QED) is 0.556. The summed E-state index contributed by atoms with van der Waals surface area (Å²) in [5.41, 5.74) is 1.70. The summed E-state index contributed by atoms with van der Waals surface area (Å²) in [5, 5.41) is 11.4. The van der Waals surface area contributed by atoms with Gasteiger partial charge in [0.1, 0.15) is 0 Å². The number of hydrogen-bond donors (Lipinski definition) is 1. The SMILES string of the molecule is COC1CCC2(C)C(=CC(C)C3C4CC[C](=[W])C4(C)CC(O)C32)C1OC. The van der Waals surface area contributed by atoms with E-state index in [4.69, 9.17) is 9.47 Å². The Bertz CT molecular complexity index is 631. The summed E-state index contributed by atoms with van der Waals surface area (Å²) in [6.07, 6.45) is 8.15. The zero-order chi connectivity index (χ0) is 18.9. The molecule has 0 spiro atoms. The van der Waals surface area contributed by atoms with Gasteiger partial charge in [0.05, 0.1) is 0 Å². The molecule has 4 aliphatic rings. The number of rotatable bonds is 2.